The molecule has 0 aliphatic rings. The van der Waals surface area contributed by atoms with Gasteiger partial charge in [-0.1, -0.05) is 61.5 Å². The Bertz CT molecular complexity index is 1930. The van der Waals surface area contributed by atoms with E-state index in [9.17, 15) is 0 Å². The standard InChI is InChI=1S/C26H24NOS.C11H8N.Ir/c1-15-14-27-22(12-17(15)13-26(3,4)5)20-8-6-7-18-19-9-10-23-21(11-16(2)29-23)25(19)28-24(18)20;1-2-6-10(7-3-1)11-8-4-5-9-12-11;/h6-7,9-12,14H,13H2,1-5H3;1-6,8-9H;/q2*-1;. The van der Waals surface area contributed by atoms with Crippen LogP contribution in [-0.2, 0) is 26.5 Å². The van der Waals surface area contributed by atoms with Crippen LogP contribution >= 0.6 is 11.3 Å². The molecule has 5 heteroatoms. The summed E-state index contributed by atoms with van der Waals surface area (Å²) in [5, 5.41) is 3.47. The molecule has 4 heterocycles. The molecule has 4 aromatic heterocycles. The van der Waals surface area contributed by atoms with Crippen molar-refractivity contribution in [3.63, 3.8) is 0 Å². The quantitative estimate of drug-likeness (QED) is 0.169. The van der Waals surface area contributed by atoms with Crippen LogP contribution in [0.5, 0.6) is 0 Å². The van der Waals surface area contributed by atoms with E-state index >= 15 is 0 Å². The fourth-order valence-electron chi connectivity index (χ4n) is 5.17. The van der Waals surface area contributed by atoms with Crippen LogP contribution in [0.4, 0.5) is 0 Å². The molecule has 0 aliphatic carbocycles. The van der Waals surface area contributed by atoms with Crippen LogP contribution in [0.1, 0.15) is 36.8 Å². The minimum absolute atomic E-state index is 0. The monoisotopic (exact) mass is 745 g/mol. The van der Waals surface area contributed by atoms with Crippen LogP contribution in [-0.4, -0.2) is 9.97 Å². The summed E-state index contributed by atoms with van der Waals surface area (Å²) >= 11 is 1.81. The van der Waals surface area contributed by atoms with Gasteiger partial charge in [0.15, 0.2) is 0 Å². The third-order valence-electron chi connectivity index (χ3n) is 7.06. The maximum atomic E-state index is 6.47. The van der Waals surface area contributed by atoms with Crippen molar-refractivity contribution in [2.45, 2.75) is 41.0 Å². The maximum absolute atomic E-state index is 6.47. The number of furan rings is 1. The van der Waals surface area contributed by atoms with Gasteiger partial charge in [-0.25, -0.2) is 0 Å². The zero-order valence-electron chi connectivity index (χ0n) is 24.4. The Balaban J connectivity index is 0.000000228. The third kappa shape index (κ3) is 6.24. The molecule has 42 heavy (non-hydrogen) atoms. The summed E-state index contributed by atoms with van der Waals surface area (Å²) in [7, 11) is 0. The Morgan fingerprint density at radius 3 is 2.33 bits per heavy atom. The molecule has 0 unspecified atom stereocenters. The zero-order chi connectivity index (χ0) is 28.6. The van der Waals surface area contributed by atoms with E-state index in [-0.39, 0.29) is 25.5 Å². The summed E-state index contributed by atoms with van der Waals surface area (Å²) in [4.78, 5) is 10.3. The Kier molecular flexibility index (Phi) is 8.75. The molecule has 0 saturated carbocycles. The number of pyridine rings is 2. The third-order valence-corrected chi connectivity index (χ3v) is 8.08. The molecule has 0 saturated heterocycles. The van der Waals surface area contributed by atoms with Crippen LogP contribution in [0.2, 0.25) is 0 Å². The van der Waals surface area contributed by atoms with Crippen LogP contribution in [0.25, 0.3) is 54.5 Å². The molecular weight excluding hydrogens is 713 g/mol. The van der Waals surface area contributed by atoms with Gasteiger partial charge in [0, 0.05) is 52.8 Å². The molecule has 1 radical (unpaired) electrons. The van der Waals surface area contributed by atoms with Gasteiger partial charge in [-0.2, -0.15) is 0 Å². The molecule has 0 spiro atoms. The van der Waals surface area contributed by atoms with E-state index in [1.165, 1.54) is 26.1 Å². The van der Waals surface area contributed by atoms with Gasteiger partial charge in [0.25, 0.3) is 0 Å². The smallest absolute Gasteiger partial charge is 0.129 e. The average molecular weight is 745 g/mol. The Labute approximate surface area is 265 Å². The number of hydrogen-bond acceptors (Lipinski definition) is 4. The minimum Gasteiger partial charge on any atom is -0.500 e. The first-order valence-electron chi connectivity index (χ1n) is 13.9. The van der Waals surface area contributed by atoms with Crippen molar-refractivity contribution in [3.8, 4) is 22.5 Å². The maximum Gasteiger partial charge on any atom is 0.129 e. The van der Waals surface area contributed by atoms with Crippen LogP contribution < -0.4 is 0 Å². The second-order valence-corrected chi connectivity index (χ2v) is 12.9. The number of nitrogens with zero attached hydrogens (tertiary/aromatic N) is 2. The normalized spacial score (nSPS) is 11.4. The molecule has 7 rings (SSSR count). The first-order chi connectivity index (χ1) is 19.8. The number of benzene rings is 3. The molecule has 0 N–H and O–H groups in total. The van der Waals surface area contributed by atoms with Gasteiger partial charge in [-0.05, 0) is 60.8 Å². The predicted octanol–water partition coefficient (Wildman–Crippen LogP) is 10.4. The summed E-state index contributed by atoms with van der Waals surface area (Å²) in [6.45, 7) is 11.1. The van der Waals surface area contributed by atoms with Gasteiger partial charge in [0.2, 0.25) is 0 Å². The largest absolute Gasteiger partial charge is 0.500 e. The Hall–Kier alpha value is -3.63. The molecule has 7 aromatic rings. The van der Waals surface area contributed by atoms with Gasteiger partial charge in [0.05, 0.1) is 5.58 Å². The molecule has 0 aliphatic heterocycles. The van der Waals surface area contributed by atoms with Gasteiger partial charge in [-0.3, -0.25) is 0 Å². The number of aryl methyl sites for hydroxylation is 2. The van der Waals surface area contributed by atoms with Crippen LogP contribution in [0, 0.1) is 31.4 Å². The SMILES string of the molecule is Cc1cc2c(ccc3c4cc[c-]c(-c5cc(CC(C)(C)C)c(C)cn5)c4oc23)s1.[Ir].[c-]1ccccc1-c1ccccn1. The molecule has 213 valence electrons. The first kappa shape index (κ1) is 29.8. The van der Waals surface area contributed by atoms with Crippen molar-refractivity contribution in [2.24, 2.45) is 5.41 Å². The fourth-order valence-corrected chi connectivity index (χ4v) is 6.09. The molecule has 3 aromatic carbocycles. The fraction of sp³-hybridized carbons (Fsp3) is 0.189. The van der Waals surface area contributed by atoms with E-state index in [0.29, 0.717) is 0 Å². The van der Waals surface area contributed by atoms with E-state index in [4.69, 9.17) is 9.40 Å². The summed E-state index contributed by atoms with van der Waals surface area (Å²) in [6.07, 6.45) is 4.78. The number of fused-ring (bicyclic) bond motifs is 5. The van der Waals surface area contributed by atoms with Crippen LogP contribution in [0.15, 0.2) is 95.7 Å². The summed E-state index contributed by atoms with van der Waals surface area (Å²) in [5.74, 6) is 0. The number of aromatic nitrogens is 2. The van der Waals surface area contributed by atoms with E-state index in [2.05, 4.69) is 82.1 Å². The van der Waals surface area contributed by atoms with E-state index in [1.807, 2.05) is 54.7 Å². The Morgan fingerprint density at radius 1 is 0.786 bits per heavy atom. The minimum atomic E-state index is 0. The predicted molar refractivity (Wildman–Crippen MR) is 172 cm³/mol. The second-order valence-electron chi connectivity index (χ2n) is 11.6. The van der Waals surface area contributed by atoms with Crippen LogP contribution in [0.3, 0.4) is 0 Å². The van der Waals surface area contributed by atoms with E-state index in [1.54, 1.807) is 17.5 Å². The number of thiophene rings is 1. The molecule has 0 fully saturated rings. The van der Waals surface area contributed by atoms with Gasteiger partial charge < -0.3 is 14.4 Å². The topological polar surface area (TPSA) is 38.9 Å². The molecule has 3 nitrogen and oxygen atoms in total. The van der Waals surface area contributed by atoms with Crippen molar-refractivity contribution >= 4 is 43.4 Å². The summed E-state index contributed by atoms with van der Waals surface area (Å²) in [5.41, 5.74) is 8.50. The molecular formula is C37H32IrN2OS-2. The van der Waals surface area contributed by atoms with E-state index < -0.39 is 0 Å². The number of rotatable bonds is 3. The summed E-state index contributed by atoms with van der Waals surface area (Å²) in [6, 6.07) is 33.1. The van der Waals surface area contributed by atoms with Crippen molar-refractivity contribution in [1.29, 1.82) is 0 Å². The van der Waals surface area contributed by atoms with Gasteiger partial charge in [0.1, 0.15) is 5.58 Å². The van der Waals surface area contributed by atoms with Crippen molar-refractivity contribution < 1.29 is 24.5 Å². The number of hydrogen-bond donors (Lipinski definition) is 0. The molecule has 0 amide bonds. The van der Waals surface area contributed by atoms with Crippen molar-refractivity contribution in [1.82, 2.24) is 9.97 Å². The van der Waals surface area contributed by atoms with Gasteiger partial charge in [-0.15, -0.1) is 65.4 Å². The Morgan fingerprint density at radius 2 is 1.60 bits per heavy atom. The average Bonchev–Trinajstić information content (AvgIpc) is 3.54. The van der Waals surface area contributed by atoms with Gasteiger partial charge >= 0.3 is 0 Å². The molecule has 0 bridgehead atoms. The first-order valence-corrected chi connectivity index (χ1v) is 14.7. The summed E-state index contributed by atoms with van der Waals surface area (Å²) < 4.78 is 7.74. The molecule has 0 atom stereocenters. The van der Waals surface area contributed by atoms with Crippen molar-refractivity contribution in [2.75, 3.05) is 0 Å². The zero-order valence-corrected chi connectivity index (χ0v) is 27.6. The second kappa shape index (κ2) is 12.3. The van der Waals surface area contributed by atoms with E-state index in [0.717, 1.165) is 50.9 Å². The van der Waals surface area contributed by atoms with Crippen molar-refractivity contribution in [3.05, 3.63) is 119 Å².